The van der Waals surface area contributed by atoms with Crippen LogP contribution in [0, 0.1) is 11.3 Å². The molecular weight excluding hydrogens is 190 g/mol. The number of hydrogen-bond donors (Lipinski definition) is 1. The molecule has 0 bridgehead atoms. The van der Waals surface area contributed by atoms with E-state index in [1.165, 1.54) is 0 Å². The third-order valence-electron chi connectivity index (χ3n) is 2.22. The largest absolute Gasteiger partial charge is 0.465 e. The first-order valence-electron chi connectivity index (χ1n) is 5.77. The highest BCUT2D eigenvalue weighted by atomic mass is 16.5. The zero-order valence-corrected chi connectivity index (χ0v) is 10.5. The van der Waals surface area contributed by atoms with Gasteiger partial charge in [-0.1, -0.05) is 34.1 Å². The van der Waals surface area contributed by atoms with Gasteiger partial charge in [-0.3, -0.25) is 4.79 Å². The summed E-state index contributed by atoms with van der Waals surface area (Å²) >= 11 is 0. The van der Waals surface area contributed by atoms with Crippen molar-refractivity contribution in [3.63, 3.8) is 0 Å². The molecule has 0 rings (SSSR count). The normalized spacial score (nSPS) is 13.7. The van der Waals surface area contributed by atoms with Crippen molar-refractivity contribution < 1.29 is 9.53 Å². The van der Waals surface area contributed by atoms with Gasteiger partial charge in [0.2, 0.25) is 0 Å². The Morgan fingerprint density at radius 3 is 2.40 bits per heavy atom. The summed E-state index contributed by atoms with van der Waals surface area (Å²) in [5.74, 6) is -0.289. The van der Waals surface area contributed by atoms with Crippen molar-refractivity contribution in [3.8, 4) is 0 Å². The van der Waals surface area contributed by atoms with Crippen LogP contribution in [0.2, 0.25) is 0 Å². The molecule has 0 aliphatic carbocycles. The molecule has 1 atom stereocenters. The second-order valence-electron chi connectivity index (χ2n) is 5.22. The van der Waals surface area contributed by atoms with Crippen molar-refractivity contribution >= 4 is 5.97 Å². The number of nitrogens with two attached hydrogens (primary N) is 1. The predicted octanol–water partition coefficient (Wildman–Crippen LogP) is 2.34. The first kappa shape index (κ1) is 14.4. The van der Waals surface area contributed by atoms with E-state index in [4.69, 9.17) is 10.5 Å². The number of carbonyl (C=O) groups excluding carboxylic acids is 1. The highest BCUT2D eigenvalue weighted by molar-refractivity contribution is 5.72. The highest BCUT2D eigenvalue weighted by Crippen LogP contribution is 2.24. The van der Waals surface area contributed by atoms with Crippen LogP contribution in [0.3, 0.4) is 0 Å². The van der Waals surface area contributed by atoms with E-state index in [-0.39, 0.29) is 17.3 Å². The molecule has 0 aromatic rings. The maximum Gasteiger partial charge on any atom is 0.310 e. The maximum atomic E-state index is 11.6. The number of hydrogen-bond acceptors (Lipinski definition) is 3. The standard InChI is InChI=1S/C12H25NO2/c1-5-6-7-15-11(14)10(9-13)8-12(2,3)4/h10H,5-9,13H2,1-4H3. The molecule has 15 heavy (non-hydrogen) atoms. The van der Waals surface area contributed by atoms with Gasteiger partial charge in [0.1, 0.15) is 0 Å². The van der Waals surface area contributed by atoms with Gasteiger partial charge in [-0.05, 0) is 18.3 Å². The van der Waals surface area contributed by atoms with Crippen molar-refractivity contribution in [2.45, 2.75) is 47.0 Å². The molecule has 0 saturated heterocycles. The third kappa shape index (κ3) is 7.37. The lowest BCUT2D eigenvalue weighted by atomic mass is 9.85. The van der Waals surface area contributed by atoms with E-state index in [1.807, 2.05) is 0 Å². The topological polar surface area (TPSA) is 52.3 Å². The Morgan fingerprint density at radius 1 is 1.40 bits per heavy atom. The summed E-state index contributed by atoms with van der Waals surface area (Å²) < 4.78 is 5.16. The number of esters is 1. The molecule has 0 fully saturated rings. The number of carbonyl (C=O) groups is 1. The molecule has 0 heterocycles. The van der Waals surface area contributed by atoms with E-state index in [0.717, 1.165) is 19.3 Å². The van der Waals surface area contributed by atoms with Crippen LogP contribution in [-0.4, -0.2) is 19.1 Å². The summed E-state index contributed by atoms with van der Waals surface area (Å²) in [5.41, 5.74) is 5.70. The fraction of sp³-hybridized carbons (Fsp3) is 0.917. The molecule has 0 aliphatic heterocycles. The first-order valence-corrected chi connectivity index (χ1v) is 5.77. The smallest absolute Gasteiger partial charge is 0.310 e. The van der Waals surface area contributed by atoms with Crippen molar-refractivity contribution in [3.05, 3.63) is 0 Å². The lowest BCUT2D eigenvalue weighted by molar-refractivity contribution is -0.149. The fourth-order valence-electron chi connectivity index (χ4n) is 1.44. The molecule has 0 aromatic carbocycles. The van der Waals surface area contributed by atoms with Crippen LogP contribution in [0.5, 0.6) is 0 Å². The van der Waals surface area contributed by atoms with Gasteiger partial charge in [0.25, 0.3) is 0 Å². The van der Waals surface area contributed by atoms with Crippen molar-refractivity contribution in [1.29, 1.82) is 0 Å². The van der Waals surface area contributed by atoms with Crippen LogP contribution >= 0.6 is 0 Å². The average Bonchev–Trinajstić information content (AvgIpc) is 2.13. The monoisotopic (exact) mass is 215 g/mol. The molecule has 90 valence electrons. The van der Waals surface area contributed by atoms with E-state index in [2.05, 4.69) is 27.7 Å². The van der Waals surface area contributed by atoms with Crippen LogP contribution in [0.1, 0.15) is 47.0 Å². The lowest BCUT2D eigenvalue weighted by Gasteiger charge is -2.23. The summed E-state index contributed by atoms with van der Waals surface area (Å²) in [7, 11) is 0. The molecule has 3 heteroatoms. The van der Waals surface area contributed by atoms with Crippen LogP contribution in [0.4, 0.5) is 0 Å². The Balaban J connectivity index is 4.00. The zero-order valence-electron chi connectivity index (χ0n) is 10.5. The number of rotatable bonds is 6. The molecule has 1 unspecified atom stereocenters. The van der Waals surface area contributed by atoms with Crippen LogP contribution in [0.15, 0.2) is 0 Å². The van der Waals surface area contributed by atoms with E-state index in [9.17, 15) is 4.79 Å². The van der Waals surface area contributed by atoms with Gasteiger partial charge in [0.15, 0.2) is 0 Å². The molecule has 0 amide bonds. The predicted molar refractivity (Wildman–Crippen MR) is 62.5 cm³/mol. The van der Waals surface area contributed by atoms with Gasteiger partial charge in [-0.15, -0.1) is 0 Å². The Morgan fingerprint density at radius 2 is 2.00 bits per heavy atom. The highest BCUT2D eigenvalue weighted by Gasteiger charge is 2.24. The Bertz CT molecular complexity index is 185. The summed E-state index contributed by atoms with van der Waals surface area (Å²) in [4.78, 5) is 11.6. The maximum absolute atomic E-state index is 11.6. The van der Waals surface area contributed by atoms with Crippen LogP contribution in [0.25, 0.3) is 0 Å². The Labute approximate surface area is 93.4 Å². The molecule has 0 aromatic heterocycles. The molecular formula is C12H25NO2. The van der Waals surface area contributed by atoms with E-state index < -0.39 is 0 Å². The molecule has 0 spiro atoms. The molecule has 3 nitrogen and oxygen atoms in total. The Kier molecular flexibility index (Phi) is 6.57. The van der Waals surface area contributed by atoms with Crippen molar-refractivity contribution in [2.75, 3.05) is 13.2 Å². The fourth-order valence-corrected chi connectivity index (χ4v) is 1.44. The second kappa shape index (κ2) is 6.83. The third-order valence-corrected chi connectivity index (χ3v) is 2.22. The summed E-state index contributed by atoms with van der Waals surface area (Å²) in [5, 5.41) is 0. The minimum Gasteiger partial charge on any atom is -0.465 e. The molecule has 2 N–H and O–H groups in total. The zero-order chi connectivity index (χ0) is 11.9. The van der Waals surface area contributed by atoms with Crippen LogP contribution < -0.4 is 5.73 Å². The van der Waals surface area contributed by atoms with Crippen molar-refractivity contribution in [2.24, 2.45) is 17.1 Å². The summed E-state index contributed by atoms with van der Waals surface area (Å²) in [6.45, 7) is 9.29. The second-order valence-corrected chi connectivity index (χ2v) is 5.22. The number of unbranched alkanes of at least 4 members (excludes halogenated alkanes) is 1. The minimum atomic E-state index is -0.151. The number of ether oxygens (including phenoxy) is 1. The van der Waals surface area contributed by atoms with Gasteiger partial charge in [-0.25, -0.2) is 0 Å². The average molecular weight is 215 g/mol. The lowest BCUT2D eigenvalue weighted by Crippen LogP contribution is -2.29. The van der Waals surface area contributed by atoms with Gasteiger partial charge in [0.05, 0.1) is 12.5 Å². The van der Waals surface area contributed by atoms with Gasteiger partial charge >= 0.3 is 5.97 Å². The van der Waals surface area contributed by atoms with Crippen molar-refractivity contribution in [1.82, 2.24) is 0 Å². The van der Waals surface area contributed by atoms with Gasteiger partial charge in [-0.2, -0.15) is 0 Å². The van der Waals surface area contributed by atoms with E-state index >= 15 is 0 Å². The summed E-state index contributed by atoms with van der Waals surface area (Å²) in [6, 6.07) is 0. The Hall–Kier alpha value is -0.570. The molecule has 0 saturated carbocycles. The molecule has 0 radical (unpaired) electrons. The van der Waals surface area contributed by atoms with E-state index in [1.54, 1.807) is 0 Å². The van der Waals surface area contributed by atoms with Gasteiger partial charge < -0.3 is 10.5 Å². The quantitative estimate of drug-likeness (QED) is 0.546. The van der Waals surface area contributed by atoms with Crippen LogP contribution in [-0.2, 0) is 9.53 Å². The minimum absolute atomic E-state index is 0.119. The van der Waals surface area contributed by atoms with Gasteiger partial charge in [0, 0.05) is 6.54 Å². The SMILES string of the molecule is CCCCOC(=O)C(CN)CC(C)(C)C. The molecule has 0 aliphatic rings. The first-order chi connectivity index (χ1) is 6.90. The summed E-state index contributed by atoms with van der Waals surface area (Å²) in [6.07, 6.45) is 2.76. The van der Waals surface area contributed by atoms with E-state index in [0.29, 0.717) is 13.2 Å².